The smallest absolute Gasteiger partial charge is 0.130 e. The first-order valence-corrected chi connectivity index (χ1v) is 4.75. The van der Waals surface area contributed by atoms with Crippen molar-refractivity contribution in [1.82, 2.24) is 0 Å². The van der Waals surface area contributed by atoms with Gasteiger partial charge in [-0.05, 0) is 19.8 Å². The molecule has 0 spiro atoms. The number of ketones is 1. The van der Waals surface area contributed by atoms with Crippen molar-refractivity contribution in [3.8, 4) is 0 Å². The average molecular weight is 178 g/mol. The van der Waals surface area contributed by atoms with E-state index in [0.717, 1.165) is 12.8 Å². The average Bonchev–Trinajstić information content (AvgIpc) is 2.09. The topological polar surface area (TPSA) is 17.1 Å². The van der Waals surface area contributed by atoms with Crippen LogP contribution in [0.15, 0.2) is 36.5 Å². The standard InChI is InChI=1S/C12H18O/c1-3-4-5-6-7-8-9-10-11-12(2)13/h4-9H,3,10-11H2,1-2H3/b5-4+,7-6+,9-8+. The highest BCUT2D eigenvalue weighted by Crippen LogP contribution is 1.92. The maximum Gasteiger partial charge on any atom is 0.130 e. The van der Waals surface area contributed by atoms with Gasteiger partial charge in [0.15, 0.2) is 0 Å². The summed E-state index contributed by atoms with van der Waals surface area (Å²) in [6.07, 6.45) is 14.6. The van der Waals surface area contributed by atoms with Crippen molar-refractivity contribution in [2.45, 2.75) is 33.1 Å². The first kappa shape index (κ1) is 11.9. The van der Waals surface area contributed by atoms with Gasteiger partial charge in [-0.3, -0.25) is 0 Å². The van der Waals surface area contributed by atoms with E-state index in [2.05, 4.69) is 13.0 Å². The molecular weight excluding hydrogens is 160 g/mol. The van der Waals surface area contributed by atoms with Crippen molar-refractivity contribution < 1.29 is 4.79 Å². The molecule has 0 aliphatic carbocycles. The monoisotopic (exact) mass is 178 g/mol. The molecule has 0 N–H and O–H groups in total. The summed E-state index contributed by atoms with van der Waals surface area (Å²) >= 11 is 0. The molecule has 0 heterocycles. The van der Waals surface area contributed by atoms with E-state index in [1.807, 2.05) is 30.4 Å². The molecule has 0 saturated heterocycles. The fraction of sp³-hybridized carbons (Fsp3) is 0.417. The number of hydrogen-bond acceptors (Lipinski definition) is 1. The van der Waals surface area contributed by atoms with Gasteiger partial charge in [0.25, 0.3) is 0 Å². The molecule has 0 saturated carbocycles. The minimum Gasteiger partial charge on any atom is -0.300 e. The fourth-order valence-electron chi connectivity index (χ4n) is 0.804. The molecule has 0 aliphatic rings. The predicted molar refractivity (Wildman–Crippen MR) is 57.6 cm³/mol. The quantitative estimate of drug-likeness (QED) is 0.569. The van der Waals surface area contributed by atoms with Gasteiger partial charge in [0.2, 0.25) is 0 Å². The largest absolute Gasteiger partial charge is 0.300 e. The van der Waals surface area contributed by atoms with Crippen LogP contribution < -0.4 is 0 Å². The molecule has 72 valence electrons. The molecule has 1 nitrogen and oxygen atoms in total. The molecule has 0 amide bonds. The normalized spacial score (nSPS) is 12.2. The van der Waals surface area contributed by atoms with Gasteiger partial charge in [0.1, 0.15) is 5.78 Å². The van der Waals surface area contributed by atoms with Crippen LogP contribution in [0.1, 0.15) is 33.1 Å². The molecule has 0 radical (unpaired) electrons. The van der Waals surface area contributed by atoms with Crippen molar-refractivity contribution in [3.05, 3.63) is 36.5 Å². The Kier molecular flexibility index (Phi) is 8.21. The Morgan fingerprint density at radius 2 is 1.69 bits per heavy atom. The third-order valence-electron chi connectivity index (χ3n) is 1.50. The zero-order valence-electron chi connectivity index (χ0n) is 8.49. The summed E-state index contributed by atoms with van der Waals surface area (Å²) < 4.78 is 0. The van der Waals surface area contributed by atoms with E-state index >= 15 is 0 Å². The minimum absolute atomic E-state index is 0.250. The zero-order valence-corrected chi connectivity index (χ0v) is 8.49. The lowest BCUT2D eigenvalue weighted by molar-refractivity contribution is -0.116. The van der Waals surface area contributed by atoms with E-state index in [1.165, 1.54) is 0 Å². The highest BCUT2D eigenvalue weighted by atomic mass is 16.1. The summed E-state index contributed by atoms with van der Waals surface area (Å²) in [6.45, 7) is 3.72. The van der Waals surface area contributed by atoms with Crippen molar-refractivity contribution in [1.29, 1.82) is 0 Å². The van der Waals surface area contributed by atoms with Crippen LogP contribution >= 0.6 is 0 Å². The number of hydrogen-bond donors (Lipinski definition) is 0. The van der Waals surface area contributed by atoms with Gasteiger partial charge in [-0.2, -0.15) is 0 Å². The molecule has 0 aromatic carbocycles. The second-order valence-corrected chi connectivity index (χ2v) is 2.89. The Labute approximate surface area is 80.8 Å². The van der Waals surface area contributed by atoms with E-state index in [0.29, 0.717) is 6.42 Å². The van der Waals surface area contributed by atoms with Gasteiger partial charge in [-0.1, -0.05) is 43.4 Å². The van der Waals surface area contributed by atoms with E-state index in [1.54, 1.807) is 6.92 Å². The third kappa shape index (κ3) is 10.9. The van der Waals surface area contributed by atoms with Crippen LogP contribution in [0.4, 0.5) is 0 Å². The Bertz CT molecular complexity index is 209. The van der Waals surface area contributed by atoms with Crippen LogP contribution in [-0.4, -0.2) is 5.78 Å². The molecule has 0 aliphatic heterocycles. The van der Waals surface area contributed by atoms with E-state index in [4.69, 9.17) is 0 Å². The second-order valence-electron chi connectivity index (χ2n) is 2.89. The van der Waals surface area contributed by atoms with Crippen LogP contribution in [0.25, 0.3) is 0 Å². The van der Waals surface area contributed by atoms with Gasteiger partial charge in [-0.15, -0.1) is 0 Å². The maximum atomic E-state index is 10.6. The molecule has 0 bridgehead atoms. The number of Topliss-reactive ketones (excluding diaryl/α,β-unsaturated/α-hetero) is 1. The molecular formula is C12H18O. The molecule has 0 rings (SSSR count). The minimum atomic E-state index is 0.250. The molecule has 0 atom stereocenters. The van der Waals surface area contributed by atoms with Gasteiger partial charge in [0.05, 0.1) is 0 Å². The van der Waals surface area contributed by atoms with Gasteiger partial charge in [0, 0.05) is 6.42 Å². The maximum absolute atomic E-state index is 10.6. The van der Waals surface area contributed by atoms with Gasteiger partial charge >= 0.3 is 0 Å². The van der Waals surface area contributed by atoms with Crippen LogP contribution in [0.2, 0.25) is 0 Å². The Morgan fingerprint density at radius 3 is 2.23 bits per heavy atom. The Balaban J connectivity index is 3.45. The molecule has 0 aromatic rings. The summed E-state index contributed by atoms with van der Waals surface area (Å²) in [5.41, 5.74) is 0. The lowest BCUT2D eigenvalue weighted by Gasteiger charge is -1.85. The van der Waals surface area contributed by atoms with Crippen LogP contribution in [0, 0.1) is 0 Å². The molecule has 13 heavy (non-hydrogen) atoms. The Hall–Kier alpha value is -1.11. The van der Waals surface area contributed by atoms with Crippen molar-refractivity contribution in [2.24, 2.45) is 0 Å². The van der Waals surface area contributed by atoms with Gasteiger partial charge in [-0.25, -0.2) is 0 Å². The first-order valence-electron chi connectivity index (χ1n) is 4.75. The van der Waals surface area contributed by atoms with Gasteiger partial charge < -0.3 is 4.79 Å². The van der Waals surface area contributed by atoms with Crippen molar-refractivity contribution in [2.75, 3.05) is 0 Å². The molecule has 0 aromatic heterocycles. The fourth-order valence-corrected chi connectivity index (χ4v) is 0.804. The summed E-state index contributed by atoms with van der Waals surface area (Å²) in [5, 5.41) is 0. The number of carbonyl (C=O) groups excluding carboxylic acids is 1. The highest BCUT2D eigenvalue weighted by Gasteiger charge is 1.86. The molecule has 0 fully saturated rings. The number of carbonyl (C=O) groups is 1. The Morgan fingerprint density at radius 1 is 1.08 bits per heavy atom. The summed E-state index contributed by atoms with van der Waals surface area (Å²) in [5.74, 6) is 0.250. The van der Waals surface area contributed by atoms with E-state index in [-0.39, 0.29) is 5.78 Å². The lowest BCUT2D eigenvalue weighted by Crippen LogP contribution is -1.85. The number of allylic oxidation sites excluding steroid dienone is 6. The van der Waals surface area contributed by atoms with Crippen LogP contribution in [0.5, 0.6) is 0 Å². The molecule has 1 heteroatoms. The summed E-state index contributed by atoms with van der Waals surface area (Å²) in [4.78, 5) is 10.6. The van der Waals surface area contributed by atoms with Crippen LogP contribution in [-0.2, 0) is 4.79 Å². The number of rotatable bonds is 6. The highest BCUT2D eigenvalue weighted by molar-refractivity contribution is 5.75. The summed E-state index contributed by atoms with van der Waals surface area (Å²) in [7, 11) is 0. The third-order valence-corrected chi connectivity index (χ3v) is 1.50. The first-order chi connectivity index (χ1) is 6.27. The predicted octanol–water partition coefficient (Wildman–Crippen LogP) is 3.43. The summed E-state index contributed by atoms with van der Waals surface area (Å²) in [6, 6.07) is 0. The van der Waals surface area contributed by atoms with Crippen molar-refractivity contribution >= 4 is 5.78 Å². The molecule has 0 unspecified atom stereocenters. The van der Waals surface area contributed by atoms with E-state index in [9.17, 15) is 4.79 Å². The van der Waals surface area contributed by atoms with Crippen molar-refractivity contribution in [3.63, 3.8) is 0 Å². The van der Waals surface area contributed by atoms with E-state index < -0.39 is 0 Å². The lowest BCUT2D eigenvalue weighted by atomic mass is 10.2. The second kappa shape index (κ2) is 8.98. The zero-order chi connectivity index (χ0) is 9.94. The SMILES string of the molecule is CC/C=C/C=C/C=C/CCC(C)=O. The van der Waals surface area contributed by atoms with Crippen LogP contribution in [0.3, 0.4) is 0 Å².